The van der Waals surface area contributed by atoms with Crippen molar-refractivity contribution in [3.05, 3.63) is 44.0 Å². The average molecular weight is 643 g/mol. The lowest BCUT2D eigenvalue weighted by Gasteiger charge is -2.62. The van der Waals surface area contributed by atoms with Crippen molar-refractivity contribution in [3.8, 4) is 0 Å². The molecule has 0 spiro atoms. The number of unbranched alkanes of at least 4 members (excludes halogenated alkanes) is 1. The molecule has 8 atom stereocenters. The van der Waals surface area contributed by atoms with E-state index in [9.17, 15) is 44.8 Å². The van der Waals surface area contributed by atoms with E-state index < -0.39 is 87.7 Å². The number of carbonyl (C=O) groups excluding carboxylic acids is 3. The molecular weight excluding hydrogens is 603 g/mol. The van der Waals surface area contributed by atoms with E-state index in [-0.39, 0.29) is 51.1 Å². The highest BCUT2D eigenvalue weighted by Gasteiger charge is 2.78. The summed E-state index contributed by atoms with van der Waals surface area (Å²) in [6, 6.07) is 0. The number of ether oxygens (including phenoxy) is 2. The van der Waals surface area contributed by atoms with Crippen molar-refractivity contribution >= 4 is 17.5 Å². The Hall–Kier alpha value is -3.50. The predicted octanol–water partition coefficient (Wildman–Crippen LogP) is 2.17. The molecule has 0 saturated heterocycles. The molecule has 0 aromatic heterocycles. The molecule has 45 heavy (non-hydrogen) atoms. The zero-order chi connectivity index (χ0) is 33.2. The Labute approximate surface area is 257 Å². The largest absolute Gasteiger partial charge is 0.447 e. The third-order valence-corrected chi connectivity index (χ3v) is 10.3. The molecule has 3 saturated carbocycles. The van der Waals surface area contributed by atoms with Crippen LogP contribution in [0, 0.1) is 42.9 Å². The van der Waals surface area contributed by atoms with Crippen molar-refractivity contribution in [1.29, 1.82) is 0 Å². The predicted molar refractivity (Wildman–Crippen MR) is 149 cm³/mol. The maximum absolute atomic E-state index is 17.5. The van der Waals surface area contributed by atoms with Crippen molar-refractivity contribution in [2.24, 2.45) is 22.7 Å². The zero-order valence-electron chi connectivity index (χ0n) is 25.2. The Bertz CT molecular complexity index is 1270. The Morgan fingerprint density at radius 1 is 1.02 bits per heavy atom. The van der Waals surface area contributed by atoms with Gasteiger partial charge in [-0.05, 0) is 69.9 Å². The van der Waals surface area contributed by atoms with Crippen LogP contribution >= 0.6 is 0 Å². The summed E-state index contributed by atoms with van der Waals surface area (Å²) in [4.78, 5) is 68.5. The first-order valence-corrected chi connectivity index (χ1v) is 15.0. The summed E-state index contributed by atoms with van der Waals surface area (Å²) >= 11 is 0. The highest BCUT2D eigenvalue weighted by Crippen LogP contribution is 2.70. The summed E-state index contributed by atoms with van der Waals surface area (Å²) in [5.41, 5.74) is -6.72. The van der Waals surface area contributed by atoms with Crippen molar-refractivity contribution < 1.29 is 58.3 Å². The molecule has 4 rings (SSSR count). The van der Waals surface area contributed by atoms with Crippen LogP contribution < -0.4 is 0 Å². The van der Waals surface area contributed by atoms with Gasteiger partial charge in [0.25, 0.3) is 10.2 Å². The molecule has 0 heterocycles. The number of rotatable bonds is 15. The first-order chi connectivity index (χ1) is 21.1. The van der Waals surface area contributed by atoms with E-state index in [2.05, 4.69) is 9.68 Å². The Morgan fingerprint density at radius 2 is 1.67 bits per heavy atom. The molecule has 3 fully saturated rings. The topological polar surface area (TPSA) is 215 Å². The smallest absolute Gasteiger partial charge is 0.306 e. The van der Waals surface area contributed by atoms with Gasteiger partial charge in [-0.1, -0.05) is 18.6 Å². The Kier molecular flexibility index (Phi) is 9.99. The third-order valence-electron chi connectivity index (χ3n) is 10.3. The number of hydrogen-bond acceptors (Lipinski definition) is 13. The van der Waals surface area contributed by atoms with Gasteiger partial charge < -0.3 is 29.4 Å². The van der Waals surface area contributed by atoms with Crippen LogP contribution in [0.25, 0.3) is 0 Å². The molecule has 250 valence electrons. The van der Waals surface area contributed by atoms with Gasteiger partial charge in [-0.3, -0.25) is 14.4 Å². The molecule has 0 radical (unpaired) electrons. The number of esters is 1. The van der Waals surface area contributed by atoms with E-state index >= 15 is 4.39 Å². The monoisotopic (exact) mass is 642 g/mol. The molecular formula is C29H39FN2O13. The summed E-state index contributed by atoms with van der Waals surface area (Å²) in [6.45, 7) is 1.99. The molecule has 4 aliphatic rings. The number of Topliss-reactive ketones (excluding diaryl/α,β-unsaturated/α-hetero) is 1. The Morgan fingerprint density at radius 3 is 2.33 bits per heavy atom. The molecule has 15 nitrogen and oxygen atoms in total. The number of fused-ring (bicyclic) bond motifs is 5. The third kappa shape index (κ3) is 5.94. The fourth-order valence-corrected chi connectivity index (χ4v) is 8.26. The van der Waals surface area contributed by atoms with E-state index in [1.807, 2.05) is 0 Å². The number of carbonyl (C=O) groups is 3. The van der Waals surface area contributed by atoms with E-state index in [0.717, 1.165) is 0 Å². The summed E-state index contributed by atoms with van der Waals surface area (Å²) < 4.78 is 28.9. The number of hydrogen-bond donors (Lipinski definition) is 2. The van der Waals surface area contributed by atoms with Crippen molar-refractivity contribution in [2.75, 3.05) is 26.4 Å². The minimum Gasteiger partial charge on any atom is -0.447 e. The second-order valence-corrected chi connectivity index (χ2v) is 12.6. The van der Waals surface area contributed by atoms with Crippen LogP contribution in [-0.4, -0.2) is 87.8 Å². The number of aliphatic hydroxyl groups excluding tert-OH is 2. The lowest BCUT2D eigenvalue weighted by Crippen LogP contribution is -2.70. The Balaban J connectivity index is 1.61. The number of aliphatic hydroxyl groups is 2. The second kappa shape index (κ2) is 13.1. The van der Waals surface area contributed by atoms with Crippen LogP contribution in [0.5, 0.6) is 0 Å². The van der Waals surface area contributed by atoms with Crippen LogP contribution in [0.3, 0.4) is 0 Å². The molecule has 0 bridgehead atoms. The molecule has 0 aliphatic heterocycles. The second-order valence-electron chi connectivity index (χ2n) is 12.6. The average Bonchev–Trinajstić information content (AvgIpc) is 3.17. The van der Waals surface area contributed by atoms with E-state index in [1.165, 1.54) is 18.2 Å². The molecule has 0 aromatic rings. The molecule has 2 N–H and O–H groups in total. The molecule has 4 aliphatic carbocycles. The summed E-state index contributed by atoms with van der Waals surface area (Å²) in [7, 11) is 0. The molecule has 0 amide bonds. The van der Waals surface area contributed by atoms with Crippen LogP contribution in [0.15, 0.2) is 23.8 Å². The van der Waals surface area contributed by atoms with Crippen LogP contribution in [0.1, 0.15) is 65.2 Å². The van der Waals surface area contributed by atoms with Gasteiger partial charge in [0.1, 0.15) is 12.7 Å². The summed E-state index contributed by atoms with van der Waals surface area (Å²) in [5.74, 6) is -3.65. The van der Waals surface area contributed by atoms with Crippen molar-refractivity contribution in [2.45, 2.75) is 88.7 Å². The number of allylic oxidation sites excluding steroid dienone is 4. The van der Waals surface area contributed by atoms with Crippen molar-refractivity contribution in [3.63, 3.8) is 0 Å². The van der Waals surface area contributed by atoms with Crippen LogP contribution in [0.2, 0.25) is 0 Å². The van der Waals surface area contributed by atoms with Crippen LogP contribution in [0.4, 0.5) is 4.39 Å². The van der Waals surface area contributed by atoms with Crippen LogP contribution in [-0.2, 0) is 33.5 Å². The maximum Gasteiger partial charge on any atom is 0.306 e. The minimum absolute atomic E-state index is 0.0112. The SMILES string of the molecule is C[C@]12C=CC(=O)C=C1CCC1C3C[C@@H](O)[C@](OC(=O)CCCO[N+](=O)[O-])(C(=O)COCCCCO[N+](=O)[O-])[C@@]3(C)C[C@H](O)[C@@]12F. The van der Waals surface area contributed by atoms with Gasteiger partial charge in [-0.2, -0.15) is 0 Å². The molecule has 2 unspecified atom stereocenters. The van der Waals surface area contributed by atoms with Gasteiger partial charge in [-0.25, -0.2) is 4.39 Å². The number of halogens is 1. The van der Waals surface area contributed by atoms with E-state index in [4.69, 9.17) is 9.47 Å². The lowest BCUT2D eigenvalue weighted by molar-refractivity contribution is -0.757. The van der Waals surface area contributed by atoms with Gasteiger partial charge in [0.15, 0.2) is 11.5 Å². The maximum atomic E-state index is 17.5. The van der Waals surface area contributed by atoms with Crippen molar-refractivity contribution in [1.82, 2.24) is 0 Å². The van der Waals surface area contributed by atoms with E-state index in [1.54, 1.807) is 13.8 Å². The summed E-state index contributed by atoms with van der Waals surface area (Å²) in [5, 5.41) is 42.1. The summed E-state index contributed by atoms with van der Waals surface area (Å²) in [6.07, 6.45) is 0.961. The van der Waals surface area contributed by atoms with Gasteiger partial charge in [0, 0.05) is 29.8 Å². The first-order valence-electron chi connectivity index (χ1n) is 15.0. The number of alkyl halides is 1. The normalized spacial score (nSPS) is 36.6. The molecule has 16 heteroatoms. The molecule has 0 aromatic carbocycles. The lowest BCUT2D eigenvalue weighted by atomic mass is 9.44. The number of nitrogens with zero attached hydrogens (tertiary/aromatic N) is 2. The van der Waals surface area contributed by atoms with E-state index in [0.29, 0.717) is 18.4 Å². The zero-order valence-corrected chi connectivity index (χ0v) is 25.2. The number of ketones is 2. The van der Waals surface area contributed by atoms with Gasteiger partial charge in [0.05, 0.1) is 19.3 Å². The minimum atomic E-state index is -2.26. The van der Waals surface area contributed by atoms with Gasteiger partial charge in [0.2, 0.25) is 11.4 Å². The van der Waals surface area contributed by atoms with Gasteiger partial charge >= 0.3 is 5.97 Å². The fourth-order valence-electron chi connectivity index (χ4n) is 8.26. The van der Waals surface area contributed by atoms with Gasteiger partial charge in [-0.15, -0.1) is 20.2 Å². The highest BCUT2D eigenvalue weighted by atomic mass is 19.1. The first kappa shape index (κ1) is 34.4. The fraction of sp³-hybridized carbons (Fsp3) is 0.759. The quantitative estimate of drug-likeness (QED) is 0.113. The standard InChI is InChI=1S/C29H39FN2O13/c1-26-10-9-19(33)14-18(26)7-8-20-21-15-22(34)29(27(21,2)16-23(35)28(20,26)30,45-25(37)6-5-13-44-32(40)41)24(36)17-42-11-3-4-12-43-31(38)39/h9-10,14,20-23,34-35H,3-8,11-13,15-17H2,1-2H3/t20?,21?,22-,23+,26+,27+,28+,29+/m1/s1. The highest BCUT2D eigenvalue weighted by molar-refractivity contribution is 6.01.